The fourth-order valence-corrected chi connectivity index (χ4v) is 3.72. The Bertz CT molecular complexity index is 1260. The maximum Gasteiger partial charge on any atom is 0.214 e. The van der Waals surface area contributed by atoms with Crippen LogP contribution >= 0.6 is 0 Å². The minimum atomic E-state index is -0.0463. The number of pyridine rings is 1. The second-order valence-electron chi connectivity index (χ2n) is 7.96. The van der Waals surface area contributed by atoms with Crippen LogP contribution in [0, 0.1) is 0 Å². The molecule has 1 fully saturated rings. The molecule has 8 heteroatoms. The topological polar surface area (TPSA) is 86.0 Å². The Morgan fingerprint density at radius 2 is 1.97 bits per heavy atom. The van der Waals surface area contributed by atoms with Crippen LogP contribution in [0.25, 0.3) is 22.0 Å². The van der Waals surface area contributed by atoms with Crippen LogP contribution in [-0.4, -0.2) is 61.9 Å². The first-order chi connectivity index (χ1) is 15.0. The highest BCUT2D eigenvalue weighted by Crippen LogP contribution is 2.24. The summed E-state index contributed by atoms with van der Waals surface area (Å²) in [6, 6.07) is 11.3. The van der Waals surface area contributed by atoms with Crippen LogP contribution in [0.2, 0.25) is 0 Å². The second kappa shape index (κ2) is 7.88. The fraction of sp³-hybridized carbons (Fsp3) is 0.261. The number of aryl methyl sites for hydroxylation is 1. The molecular formula is C23H22N6O2. The van der Waals surface area contributed by atoms with E-state index < -0.39 is 0 Å². The zero-order chi connectivity index (χ0) is 21.4. The van der Waals surface area contributed by atoms with Gasteiger partial charge in [-0.2, -0.15) is 15.3 Å². The predicted molar refractivity (Wildman–Crippen MR) is 116 cm³/mol. The Kier molecular flexibility index (Phi) is 4.91. The van der Waals surface area contributed by atoms with Crippen LogP contribution in [0.15, 0.2) is 55.0 Å². The average Bonchev–Trinajstić information content (AvgIpc) is 3.19. The zero-order valence-electron chi connectivity index (χ0n) is 17.4. The largest absolute Gasteiger partial charge is 0.472 e. The number of nitrogens with zero attached hydrogens (tertiary/aromatic N) is 6. The Labute approximate surface area is 179 Å². The molecule has 156 valence electrons. The van der Waals surface area contributed by atoms with Crippen molar-refractivity contribution in [3.05, 3.63) is 66.2 Å². The van der Waals surface area contributed by atoms with Gasteiger partial charge < -0.3 is 4.74 Å². The number of fused-ring (bicyclic) bond motifs is 1. The standard InChI is InChI=1S/C23H22N6O2/c1-28-13-20(14-28)31-23-9-16(5-6-24-23)22(30)10-19-8-17-7-15(3-4-21(17)27-26-19)18-11-25-29(2)12-18/h3-9,11-12,20H,10,13-14H2,1-2H3. The number of hydrogen-bond donors (Lipinski definition) is 0. The quantitative estimate of drug-likeness (QED) is 0.448. The third kappa shape index (κ3) is 4.15. The monoisotopic (exact) mass is 414 g/mol. The molecule has 0 aliphatic carbocycles. The summed E-state index contributed by atoms with van der Waals surface area (Å²) in [5.74, 6) is 0.435. The van der Waals surface area contributed by atoms with Crippen LogP contribution in [-0.2, 0) is 13.5 Å². The highest BCUT2D eigenvalue weighted by molar-refractivity contribution is 5.97. The van der Waals surface area contributed by atoms with Crippen molar-refractivity contribution in [1.29, 1.82) is 0 Å². The van der Waals surface area contributed by atoms with Crippen LogP contribution in [0.3, 0.4) is 0 Å². The van der Waals surface area contributed by atoms with E-state index in [2.05, 4.69) is 25.2 Å². The summed E-state index contributed by atoms with van der Waals surface area (Å²) in [4.78, 5) is 19.2. The maximum atomic E-state index is 12.8. The Morgan fingerprint density at radius 1 is 1.10 bits per heavy atom. The highest BCUT2D eigenvalue weighted by atomic mass is 16.5. The third-order valence-electron chi connectivity index (χ3n) is 5.39. The lowest BCUT2D eigenvalue weighted by atomic mass is 10.0. The van der Waals surface area contributed by atoms with Crippen molar-refractivity contribution in [3.8, 4) is 17.0 Å². The molecule has 0 atom stereocenters. The van der Waals surface area contributed by atoms with Crippen LogP contribution in [0.5, 0.6) is 5.88 Å². The minimum absolute atomic E-state index is 0.0463. The van der Waals surface area contributed by atoms with Crippen molar-refractivity contribution >= 4 is 16.7 Å². The van der Waals surface area contributed by atoms with E-state index in [1.54, 1.807) is 23.0 Å². The number of benzene rings is 1. The lowest BCUT2D eigenvalue weighted by Gasteiger charge is -2.35. The number of carbonyl (C=O) groups excluding carboxylic acids is 1. The van der Waals surface area contributed by atoms with E-state index in [4.69, 9.17) is 4.74 Å². The van der Waals surface area contributed by atoms with Gasteiger partial charge in [0, 0.05) is 55.1 Å². The summed E-state index contributed by atoms with van der Waals surface area (Å²) in [5, 5.41) is 13.7. The molecule has 0 saturated carbocycles. The van der Waals surface area contributed by atoms with Crippen LogP contribution < -0.4 is 4.74 Å². The van der Waals surface area contributed by atoms with Crippen LogP contribution in [0.1, 0.15) is 16.1 Å². The van der Waals surface area contributed by atoms with Crippen molar-refractivity contribution in [2.45, 2.75) is 12.5 Å². The molecule has 4 aromatic rings. The number of rotatable bonds is 6. The lowest BCUT2D eigenvalue weighted by molar-refractivity contribution is 0.0355. The summed E-state index contributed by atoms with van der Waals surface area (Å²) in [7, 11) is 3.93. The Hall–Kier alpha value is -3.65. The summed E-state index contributed by atoms with van der Waals surface area (Å²) in [6.07, 6.45) is 5.69. The molecule has 8 nitrogen and oxygen atoms in total. The van der Waals surface area contributed by atoms with Crippen molar-refractivity contribution in [2.75, 3.05) is 20.1 Å². The summed E-state index contributed by atoms with van der Waals surface area (Å²) in [6.45, 7) is 1.74. The van der Waals surface area contributed by atoms with Gasteiger partial charge in [-0.25, -0.2) is 4.98 Å². The molecule has 0 amide bonds. The molecule has 0 N–H and O–H groups in total. The number of ketones is 1. The first-order valence-electron chi connectivity index (χ1n) is 10.1. The molecule has 31 heavy (non-hydrogen) atoms. The third-order valence-corrected chi connectivity index (χ3v) is 5.39. The second-order valence-corrected chi connectivity index (χ2v) is 7.96. The normalized spacial score (nSPS) is 14.5. The number of ether oxygens (including phenoxy) is 1. The summed E-state index contributed by atoms with van der Waals surface area (Å²) < 4.78 is 7.60. The number of aromatic nitrogens is 5. The molecule has 0 bridgehead atoms. The van der Waals surface area contributed by atoms with Gasteiger partial charge in [0.05, 0.1) is 23.8 Å². The molecular weight excluding hydrogens is 392 g/mol. The van der Waals surface area contributed by atoms with Crippen molar-refractivity contribution in [2.24, 2.45) is 7.05 Å². The average molecular weight is 414 g/mol. The van der Waals surface area contributed by atoms with Gasteiger partial charge in [-0.3, -0.25) is 14.4 Å². The number of likely N-dealkylation sites (N-methyl/N-ethyl adjacent to an activating group) is 1. The molecule has 1 aliphatic rings. The van der Waals surface area contributed by atoms with E-state index in [0.717, 1.165) is 35.1 Å². The Balaban J connectivity index is 1.34. The van der Waals surface area contributed by atoms with Gasteiger partial charge >= 0.3 is 0 Å². The minimum Gasteiger partial charge on any atom is -0.472 e. The first-order valence-corrected chi connectivity index (χ1v) is 10.1. The zero-order valence-corrected chi connectivity index (χ0v) is 17.4. The molecule has 1 saturated heterocycles. The molecule has 5 rings (SSSR count). The smallest absolute Gasteiger partial charge is 0.214 e. The van der Waals surface area contributed by atoms with E-state index in [1.807, 2.05) is 50.8 Å². The van der Waals surface area contributed by atoms with Crippen molar-refractivity contribution in [1.82, 2.24) is 29.9 Å². The van der Waals surface area contributed by atoms with Gasteiger partial charge in [0.2, 0.25) is 5.88 Å². The molecule has 1 aliphatic heterocycles. The van der Waals surface area contributed by atoms with Crippen LogP contribution in [0.4, 0.5) is 0 Å². The molecule has 0 radical (unpaired) electrons. The van der Waals surface area contributed by atoms with Gasteiger partial charge in [-0.1, -0.05) is 6.07 Å². The van der Waals surface area contributed by atoms with Crippen molar-refractivity contribution < 1.29 is 9.53 Å². The number of carbonyl (C=O) groups is 1. The van der Waals surface area contributed by atoms with Gasteiger partial charge in [0.25, 0.3) is 0 Å². The van der Waals surface area contributed by atoms with E-state index in [9.17, 15) is 4.79 Å². The number of hydrogen-bond acceptors (Lipinski definition) is 7. The van der Waals surface area contributed by atoms with Gasteiger partial charge in [-0.05, 0) is 36.9 Å². The highest BCUT2D eigenvalue weighted by Gasteiger charge is 2.25. The summed E-state index contributed by atoms with van der Waals surface area (Å²) in [5.41, 5.74) is 4.04. The van der Waals surface area contributed by atoms with E-state index >= 15 is 0 Å². The van der Waals surface area contributed by atoms with E-state index in [1.165, 1.54) is 0 Å². The van der Waals surface area contributed by atoms with E-state index in [-0.39, 0.29) is 18.3 Å². The first kappa shape index (κ1) is 19.3. The van der Waals surface area contributed by atoms with E-state index in [0.29, 0.717) is 17.1 Å². The lowest BCUT2D eigenvalue weighted by Crippen LogP contribution is -2.51. The number of Topliss-reactive ketones (excluding diaryl/α,β-unsaturated/α-hetero) is 1. The number of likely N-dealkylation sites (tertiary alicyclic amines) is 1. The molecule has 3 aromatic heterocycles. The maximum absolute atomic E-state index is 12.8. The molecule has 0 unspecified atom stereocenters. The SMILES string of the molecule is CN1CC(Oc2cc(C(=O)Cc3cc4cc(-c5cnn(C)c5)ccc4nn3)ccn2)C1. The van der Waals surface area contributed by atoms with Crippen molar-refractivity contribution in [3.63, 3.8) is 0 Å². The summed E-state index contributed by atoms with van der Waals surface area (Å²) >= 11 is 0. The van der Waals surface area contributed by atoms with Gasteiger partial charge in [0.1, 0.15) is 6.10 Å². The molecule has 1 aromatic carbocycles. The molecule has 0 spiro atoms. The van der Waals surface area contributed by atoms with Gasteiger partial charge in [0.15, 0.2) is 5.78 Å². The molecule has 4 heterocycles. The predicted octanol–water partition coefficient (Wildman–Crippen LogP) is 2.54. The fourth-order valence-electron chi connectivity index (χ4n) is 3.72. The Morgan fingerprint density at radius 3 is 2.74 bits per heavy atom. The van der Waals surface area contributed by atoms with Gasteiger partial charge in [-0.15, -0.1) is 0 Å².